The second-order valence-electron chi connectivity index (χ2n) is 6.32. The van der Waals surface area contributed by atoms with Crippen molar-refractivity contribution in [3.63, 3.8) is 0 Å². The molecule has 1 unspecified atom stereocenters. The van der Waals surface area contributed by atoms with E-state index in [0.29, 0.717) is 44.1 Å². The molecule has 2 heterocycles. The van der Waals surface area contributed by atoms with Gasteiger partial charge in [-0.25, -0.2) is 8.42 Å². The molecule has 1 atom stereocenters. The van der Waals surface area contributed by atoms with Gasteiger partial charge in [-0.05, 0) is 43.5 Å². The Labute approximate surface area is 147 Å². The first-order chi connectivity index (χ1) is 12.0. The topological polar surface area (TPSA) is 96.9 Å². The molecule has 136 valence electrons. The van der Waals surface area contributed by atoms with E-state index in [4.69, 9.17) is 4.74 Å². The molecule has 1 saturated heterocycles. The predicted molar refractivity (Wildman–Crippen MR) is 95.1 cm³/mol. The van der Waals surface area contributed by atoms with Crippen LogP contribution in [-0.4, -0.2) is 39.9 Å². The number of aliphatic imine (C=N–C) groups is 1. The molecule has 2 aliphatic rings. The van der Waals surface area contributed by atoms with Gasteiger partial charge in [0.05, 0.1) is 17.4 Å². The Morgan fingerprint density at radius 1 is 1.16 bits per heavy atom. The summed E-state index contributed by atoms with van der Waals surface area (Å²) >= 11 is 0. The highest BCUT2D eigenvalue weighted by Crippen LogP contribution is 2.18. The van der Waals surface area contributed by atoms with Gasteiger partial charge in [-0.15, -0.1) is 0 Å². The lowest BCUT2D eigenvalue weighted by Crippen LogP contribution is -2.30. The number of amidine groups is 1. The summed E-state index contributed by atoms with van der Waals surface area (Å²) in [5, 5.41) is 2.79. The van der Waals surface area contributed by atoms with Gasteiger partial charge in [0.15, 0.2) is 0 Å². The van der Waals surface area contributed by atoms with Gasteiger partial charge in [-0.2, -0.15) is 0 Å². The first kappa shape index (κ1) is 17.9. The van der Waals surface area contributed by atoms with Gasteiger partial charge in [0.25, 0.3) is 10.0 Å². The summed E-state index contributed by atoms with van der Waals surface area (Å²) in [7, 11) is -3.65. The van der Waals surface area contributed by atoms with Crippen molar-refractivity contribution in [2.75, 3.05) is 25.1 Å². The third-order valence-corrected chi connectivity index (χ3v) is 5.76. The van der Waals surface area contributed by atoms with E-state index in [1.54, 1.807) is 12.1 Å². The Morgan fingerprint density at radius 2 is 1.96 bits per heavy atom. The second kappa shape index (κ2) is 7.97. The van der Waals surface area contributed by atoms with E-state index in [1.807, 2.05) is 0 Å². The lowest BCUT2D eigenvalue weighted by molar-refractivity contribution is -0.119. The molecule has 0 saturated carbocycles. The van der Waals surface area contributed by atoms with Gasteiger partial charge >= 0.3 is 0 Å². The lowest BCUT2D eigenvalue weighted by atomic mass is 10.1. The highest BCUT2D eigenvalue weighted by atomic mass is 32.2. The summed E-state index contributed by atoms with van der Waals surface area (Å²) in [4.78, 5) is 16.5. The van der Waals surface area contributed by atoms with Gasteiger partial charge in [0, 0.05) is 25.3 Å². The van der Waals surface area contributed by atoms with Crippen molar-refractivity contribution < 1.29 is 17.9 Å². The average Bonchev–Trinajstić information content (AvgIpc) is 3.02. The van der Waals surface area contributed by atoms with Crippen molar-refractivity contribution in [1.29, 1.82) is 0 Å². The summed E-state index contributed by atoms with van der Waals surface area (Å²) in [6.07, 6.45) is 4.36. The molecule has 1 aromatic carbocycles. The number of ether oxygens (including phenoxy) is 1. The molecule has 2 N–H and O–H groups in total. The zero-order valence-corrected chi connectivity index (χ0v) is 14.8. The number of rotatable bonds is 4. The van der Waals surface area contributed by atoms with Gasteiger partial charge < -0.3 is 10.1 Å². The van der Waals surface area contributed by atoms with Crippen molar-refractivity contribution in [2.45, 2.75) is 37.0 Å². The number of hydrogen-bond donors (Lipinski definition) is 2. The van der Waals surface area contributed by atoms with E-state index in [2.05, 4.69) is 15.0 Å². The fourth-order valence-corrected chi connectivity index (χ4v) is 3.96. The molecular formula is C17H23N3O4S. The van der Waals surface area contributed by atoms with Crippen molar-refractivity contribution in [1.82, 2.24) is 4.72 Å². The van der Waals surface area contributed by atoms with Crippen LogP contribution in [0, 0.1) is 5.92 Å². The van der Waals surface area contributed by atoms with Crippen molar-refractivity contribution in [2.24, 2.45) is 10.9 Å². The highest BCUT2D eigenvalue weighted by Gasteiger charge is 2.23. The summed E-state index contributed by atoms with van der Waals surface area (Å²) in [5.41, 5.74) is 0.572. The maximum Gasteiger partial charge on any atom is 0.262 e. The molecule has 0 aliphatic carbocycles. The van der Waals surface area contributed by atoms with Gasteiger partial charge in [0.1, 0.15) is 5.84 Å². The van der Waals surface area contributed by atoms with Crippen LogP contribution in [0.4, 0.5) is 5.69 Å². The summed E-state index contributed by atoms with van der Waals surface area (Å²) in [5.74, 6) is 0.286. The number of nitrogens with one attached hydrogen (secondary N) is 2. The number of benzene rings is 1. The zero-order valence-electron chi connectivity index (χ0n) is 14.0. The third kappa shape index (κ3) is 4.79. The molecule has 0 spiro atoms. The standard InChI is InChI=1S/C17H23N3O4S/c21-17(13-9-11-24-12-13)19-14-5-7-15(8-6-14)25(22,23)20-16-4-2-1-3-10-18-16/h5-8,13H,1-4,9-12H2,(H,18,20)(H,19,21). The van der Waals surface area contributed by atoms with E-state index in [1.165, 1.54) is 12.1 Å². The third-order valence-electron chi connectivity index (χ3n) is 4.36. The fourth-order valence-electron chi connectivity index (χ4n) is 2.87. The smallest absolute Gasteiger partial charge is 0.262 e. The summed E-state index contributed by atoms with van der Waals surface area (Å²) in [6.45, 7) is 1.70. The number of carbonyl (C=O) groups excluding carboxylic acids is 1. The molecule has 1 amide bonds. The zero-order chi connectivity index (χ0) is 17.7. The molecular weight excluding hydrogens is 342 g/mol. The number of nitrogens with zero attached hydrogens (tertiary/aromatic N) is 1. The molecule has 7 nitrogen and oxygen atoms in total. The van der Waals surface area contributed by atoms with Gasteiger partial charge in [-0.1, -0.05) is 6.42 Å². The van der Waals surface area contributed by atoms with E-state index >= 15 is 0 Å². The molecule has 0 radical (unpaired) electrons. The van der Waals surface area contributed by atoms with E-state index < -0.39 is 10.0 Å². The van der Waals surface area contributed by atoms with Gasteiger partial charge in [-0.3, -0.25) is 14.5 Å². The van der Waals surface area contributed by atoms with Crippen LogP contribution in [0.2, 0.25) is 0 Å². The average molecular weight is 365 g/mol. The number of sulfonamides is 1. The Bertz CT molecular complexity index is 738. The van der Waals surface area contributed by atoms with Crippen molar-refractivity contribution >= 4 is 27.5 Å². The molecule has 1 aromatic rings. The maximum absolute atomic E-state index is 12.5. The monoisotopic (exact) mass is 365 g/mol. The van der Waals surface area contributed by atoms with Crippen LogP contribution in [0.25, 0.3) is 0 Å². The quantitative estimate of drug-likeness (QED) is 0.852. The summed E-state index contributed by atoms with van der Waals surface area (Å²) < 4.78 is 32.7. The molecule has 8 heteroatoms. The van der Waals surface area contributed by atoms with Crippen LogP contribution in [-0.2, 0) is 19.6 Å². The maximum atomic E-state index is 12.5. The molecule has 1 fully saturated rings. The number of anilines is 1. The van der Waals surface area contributed by atoms with E-state index in [-0.39, 0.29) is 16.7 Å². The minimum Gasteiger partial charge on any atom is -0.381 e. The van der Waals surface area contributed by atoms with Crippen LogP contribution in [0.15, 0.2) is 34.2 Å². The van der Waals surface area contributed by atoms with Crippen molar-refractivity contribution in [3.8, 4) is 0 Å². The minimum absolute atomic E-state index is 0.0981. The largest absolute Gasteiger partial charge is 0.381 e. The van der Waals surface area contributed by atoms with Gasteiger partial charge in [0.2, 0.25) is 5.91 Å². The normalized spacial score (nSPS) is 21.3. The van der Waals surface area contributed by atoms with E-state index in [9.17, 15) is 13.2 Å². The van der Waals surface area contributed by atoms with Crippen LogP contribution in [0.3, 0.4) is 0 Å². The molecule has 0 aromatic heterocycles. The predicted octanol–water partition coefficient (Wildman–Crippen LogP) is 1.91. The first-order valence-electron chi connectivity index (χ1n) is 8.59. The Balaban J connectivity index is 1.64. The SMILES string of the molecule is O=C(Nc1ccc(S(=O)(=O)NC2=NCCCCC2)cc1)C1CCOC1. The Kier molecular flexibility index (Phi) is 5.70. The minimum atomic E-state index is -3.65. The van der Waals surface area contributed by atoms with Crippen molar-refractivity contribution in [3.05, 3.63) is 24.3 Å². The number of hydrogen-bond acceptors (Lipinski definition) is 5. The number of carbonyl (C=O) groups is 1. The van der Waals surface area contributed by atoms with Crippen LogP contribution < -0.4 is 10.0 Å². The van der Waals surface area contributed by atoms with E-state index in [0.717, 1.165) is 19.3 Å². The summed E-state index contributed by atoms with van der Waals surface area (Å²) in [6, 6.07) is 6.16. The lowest BCUT2D eigenvalue weighted by Gasteiger charge is -2.12. The van der Waals surface area contributed by atoms with Crippen LogP contribution >= 0.6 is 0 Å². The molecule has 25 heavy (non-hydrogen) atoms. The molecule has 2 aliphatic heterocycles. The Morgan fingerprint density at radius 3 is 2.68 bits per heavy atom. The number of amides is 1. The first-order valence-corrected chi connectivity index (χ1v) is 10.1. The fraction of sp³-hybridized carbons (Fsp3) is 0.529. The molecule has 3 rings (SSSR count). The highest BCUT2D eigenvalue weighted by molar-refractivity contribution is 7.90. The molecule has 0 bridgehead atoms. The van der Waals surface area contributed by atoms with Crippen LogP contribution in [0.1, 0.15) is 32.1 Å². The van der Waals surface area contributed by atoms with Crippen LogP contribution in [0.5, 0.6) is 0 Å². The second-order valence-corrected chi connectivity index (χ2v) is 8.00. The Hall–Kier alpha value is -1.93.